The molecule has 4 aromatic rings. The number of non-ortho nitro benzene ring substituents is 1. The van der Waals surface area contributed by atoms with Gasteiger partial charge in [0.25, 0.3) is 0 Å². The van der Waals surface area contributed by atoms with Crippen LogP contribution in [-0.2, 0) is 0 Å². The van der Waals surface area contributed by atoms with Crippen LogP contribution >= 0.6 is 20.8 Å². The summed E-state index contributed by atoms with van der Waals surface area (Å²) >= 11 is 4.25. The Morgan fingerprint density at radius 1 is 0.688 bits per heavy atom. The fourth-order valence-corrected chi connectivity index (χ4v) is 11.4. The molecule has 0 aliphatic heterocycles. The van der Waals surface area contributed by atoms with Crippen LogP contribution in [0.1, 0.15) is 10.4 Å². The van der Waals surface area contributed by atoms with Gasteiger partial charge in [-0.3, -0.25) is 0 Å². The molecule has 0 aliphatic carbocycles. The van der Waals surface area contributed by atoms with Crippen LogP contribution in [0.4, 0.5) is 5.69 Å². The number of rotatable bonds is 7. The van der Waals surface area contributed by atoms with Crippen molar-refractivity contribution in [2.24, 2.45) is 0 Å². The monoisotopic (exact) mass is 505 g/mol. The average Bonchev–Trinajstić information content (AvgIpc) is 2.85. The van der Waals surface area contributed by atoms with Crippen molar-refractivity contribution in [2.75, 3.05) is 6.16 Å². The summed E-state index contributed by atoms with van der Waals surface area (Å²) in [6, 6.07) is 36.0. The van der Waals surface area contributed by atoms with E-state index in [2.05, 4.69) is 51.9 Å². The third-order valence-electron chi connectivity index (χ3n) is 5.72. The molecular formula is C26H21BrNO3P. The predicted molar refractivity (Wildman–Crippen MR) is 136 cm³/mol. The molecule has 4 rings (SSSR count). The van der Waals surface area contributed by atoms with Gasteiger partial charge in [0.1, 0.15) is 0 Å². The number of hydrogen-bond donors (Lipinski definition) is 0. The van der Waals surface area contributed by atoms with Gasteiger partial charge in [0.05, 0.1) is 0 Å². The Kier molecular flexibility index (Phi) is 6.05. The number of hydrogen-bond acceptors (Lipinski definition) is 3. The first-order valence-electron chi connectivity index (χ1n) is 10.1. The third-order valence-corrected chi connectivity index (χ3v) is 15.2. The molecule has 0 fully saturated rings. The van der Waals surface area contributed by atoms with E-state index < -0.39 is 10.2 Å². The zero-order chi connectivity index (χ0) is 22.6. The van der Waals surface area contributed by atoms with Gasteiger partial charge < -0.3 is 0 Å². The number of nitrogens with zero attached hydrogens (tertiary/aromatic N) is 1. The van der Waals surface area contributed by atoms with Gasteiger partial charge in [-0.2, -0.15) is 0 Å². The van der Waals surface area contributed by atoms with E-state index in [4.69, 9.17) is 0 Å². The number of benzene rings is 4. The minimum absolute atomic E-state index is 0.0351. The quantitative estimate of drug-likeness (QED) is 0.142. The summed E-state index contributed by atoms with van der Waals surface area (Å²) in [4.78, 5) is 24.3. The van der Waals surface area contributed by atoms with Gasteiger partial charge in [-0.15, -0.1) is 0 Å². The van der Waals surface area contributed by atoms with E-state index in [0.29, 0.717) is 5.56 Å². The molecule has 0 spiro atoms. The van der Waals surface area contributed by atoms with E-state index >= 15 is 0 Å². The van der Waals surface area contributed by atoms with Gasteiger partial charge in [0.2, 0.25) is 0 Å². The van der Waals surface area contributed by atoms with Gasteiger partial charge in [-0.1, -0.05) is 0 Å². The number of carbonyl (C=O) groups is 1. The number of nitro benzene ring substituents is 1. The second kappa shape index (κ2) is 8.78. The molecule has 0 amide bonds. The molecule has 6 heteroatoms. The van der Waals surface area contributed by atoms with E-state index in [0.717, 1.165) is 15.9 Å². The van der Waals surface area contributed by atoms with E-state index in [1.807, 2.05) is 54.6 Å². The molecule has 160 valence electrons. The molecule has 0 atom stereocenters. The van der Waals surface area contributed by atoms with Crippen molar-refractivity contribution in [3.05, 3.63) is 131 Å². The Morgan fingerprint density at radius 3 is 1.41 bits per heavy atom. The summed E-state index contributed by atoms with van der Waals surface area (Å²) in [6.07, 6.45) is 0.210. The SMILES string of the molecule is O=C(CP(Br)(c1ccccc1)(c1ccccc1)c1ccccc1)c1ccc([N+](=O)[O-])cc1. The summed E-state index contributed by atoms with van der Waals surface area (Å²) < 4.78 is 0. The molecule has 0 saturated heterocycles. The molecule has 0 radical (unpaired) electrons. The summed E-state index contributed by atoms with van der Waals surface area (Å²) in [5, 5.41) is 10.8. The summed E-state index contributed by atoms with van der Waals surface area (Å²) in [6.45, 7) is 0. The van der Waals surface area contributed by atoms with E-state index in [-0.39, 0.29) is 17.6 Å². The van der Waals surface area contributed by atoms with Crippen LogP contribution in [0.5, 0.6) is 0 Å². The summed E-state index contributed by atoms with van der Waals surface area (Å²) in [7, 11) is 0. The van der Waals surface area contributed by atoms with E-state index in [1.165, 1.54) is 24.3 Å². The average molecular weight is 506 g/mol. The van der Waals surface area contributed by atoms with Crippen molar-refractivity contribution in [1.82, 2.24) is 0 Å². The third kappa shape index (κ3) is 3.79. The first kappa shape index (κ1) is 22.1. The molecule has 0 heterocycles. The first-order chi connectivity index (χ1) is 15.4. The van der Waals surface area contributed by atoms with Crippen LogP contribution in [0.15, 0.2) is 115 Å². The fourth-order valence-electron chi connectivity index (χ4n) is 4.07. The van der Waals surface area contributed by atoms with Crippen LogP contribution in [0, 0.1) is 10.1 Å². The number of Topliss-reactive ketones (excluding diaryl/α,β-unsaturated/α-hetero) is 1. The van der Waals surface area contributed by atoms with Crippen LogP contribution in [0.2, 0.25) is 0 Å². The number of carbonyl (C=O) groups excluding carboxylic acids is 1. The Balaban J connectivity index is 1.95. The molecule has 4 aromatic carbocycles. The molecule has 0 unspecified atom stereocenters. The Morgan fingerprint density at radius 2 is 1.06 bits per heavy atom. The van der Waals surface area contributed by atoms with Crippen molar-refractivity contribution in [1.29, 1.82) is 0 Å². The summed E-state index contributed by atoms with van der Waals surface area (Å²) in [5.74, 6) is -0.0778. The predicted octanol–water partition coefficient (Wildman–Crippen LogP) is 5.62. The molecule has 0 aliphatic rings. The molecule has 0 aromatic heterocycles. The number of nitro groups is 1. The van der Waals surface area contributed by atoms with Gasteiger partial charge in [0, 0.05) is 0 Å². The minimum atomic E-state index is -3.39. The molecular weight excluding hydrogens is 485 g/mol. The fraction of sp³-hybridized carbons (Fsp3) is 0.0385. The van der Waals surface area contributed by atoms with Crippen molar-refractivity contribution < 1.29 is 9.72 Å². The van der Waals surface area contributed by atoms with E-state index in [1.54, 1.807) is 0 Å². The first-order valence-corrected chi connectivity index (χ1v) is 14.5. The second-order valence-electron chi connectivity index (χ2n) is 7.57. The van der Waals surface area contributed by atoms with Gasteiger partial charge in [-0.25, -0.2) is 0 Å². The topological polar surface area (TPSA) is 60.2 Å². The van der Waals surface area contributed by atoms with Crippen molar-refractivity contribution in [3.63, 3.8) is 0 Å². The van der Waals surface area contributed by atoms with Crippen molar-refractivity contribution in [2.45, 2.75) is 0 Å². The van der Waals surface area contributed by atoms with Crippen LogP contribution in [0.3, 0.4) is 0 Å². The number of ketones is 1. The van der Waals surface area contributed by atoms with Crippen molar-refractivity contribution in [3.8, 4) is 0 Å². The zero-order valence-electron chi connectivity index (χ0n) is 17.2. The van der Waals surface area contributed by atoms with Crippen LogP contribution in [-0.4, -0.2) is 16.9 Å². The van der Waals surface area contributed by atoms with E-state index in [9.17, 15) is 14.9 Å². The molecule has 0 saturated carbocycles. The second-order valence-corrected chi connectivity index (χ2v) is 16.5. The summed E-state index contributed by atoms with van der Waals surface area (Å²) in [5.41, 5.74) is 0.416. The Bertz CT molecular complexity index is 1150. The maximum absolute atomic E-state index is 13.7. The van der Waals surface area contributed by atoms with Crippen molar-refractivity contribution >= 4 is 48.2 Å². The molecule has 0 bridgehead atoms. The Labute approximate surface area is 194 Å². The number of halogens is 1. The van der Waals surface area contributed by atoms with Gasteiger partial charge >= 0.3 is 195 Å². The standard InChI is InChI=1S/C26H21BrNO3P/c27-32(23-10-4-1-5-11-23,24-12-6-2-7-13-24,25-14-8-3-9-15-25)20-26(29)21-16-18-22(19-17-21)28(30)31/h1-19H,20H2. The van der Waals surface area contributed by atoms with Gasteiger partial charge in [0.15, 0.2) is 0 Å². The van der Waals surface area contributed by atoms with Gasteiger partial charge in [-0.05, 0) is 0 Å². The zero-order valence-corrected chi connectivity index (χ0v) is 19.7. The normalized spacial score (nSPS) is 12.5. The molecule has 4 nitrogen and oxygen atoms in total. The van der Waals surface area contributed by atoms with Crippen LogP contribution in [0.25, 0.3) is 0 Å². The van der Waals surface area contributed by atoms with Crippen LogP contribution < -0.4 is 15.9 Å². The molecule has 32 heavy (non-hydrogen) atoms. The maximum atomic E-state index is 13.7. The Hall–Kier alpha value is -3.14. The molecule has 0 N–H and O–H groups in total.